The van der Waals surface area contributed by atoms with E-state index in [1.54, 1.807) is 6.08 Å². The van der Waals surface area contributed by atoms with Gasteiger partial charge in [0.2, 0.25) is 5.91 Å². The van der Waals surface area contributed by atoms with Gasteiger partial charge in [-0.2, -0.15) is 0 Å². The van der Waals surface area contributed by atoms with Gasteiger partial charge in [-0.25, -0.2) is 0 Å². The highest BCUT2D eigenvalue weighted by molar-refractivity contribution is 5.76. The molecule has 2 unspecified atom stereocenters. The minimum absolute atomic E-state index is 0.00465. The lowest BCUT2D eigenvalue weighted by Gasteiger charge is -2.20. The molecule has 6 nitrogen and oxygen atoms in total. The molecule has 76 heavy (non-hydrogen) atoms. The fraction of sp³-hybridized carbons (Fsp3) is 0.886. The normalized spacial score (nSPS) is 12.7. The number of amides is 1. The number of hydrogen-bond acceptors (Lipinski definition) is 5. The standard InChI is InChI=1S/C70H133NO5/c1-3-5-7-9-11-13-15-17-19-35-38-42-46-50-54-58-62-68(73)67(66-72)71-69(74)63-59-55-51-47-43-39-36-32-30-28-26-24-22-20-21-23-25-27-29-31-33-37-41-45-49-53-57-61-65-76-70(75)64-60-56-52-48-44-40-34-18-16-14-12-10-8-6-4-2/h12,14,18,34,58,62,67-68,72-73H,3-11,13,15-17,19-33,35-57,59-61,63-66H2,1-2H3,(H,71,74)/b14-12-,34-18-,62-58+. The van der Waals surface area contributed by atoms with Crippen LogP contribution in [0.3, 0.4) is 0 Å². The van der Waals surface area contributed by atoms with E-state index in [4.69, 9.17) is 4.74 Å². The van der Waals surface area contributed by atoms with Crippen molar-refractivity contribution < 1.29 is 24.5 Å². The van der Waals surface area contributed by atoms with Gasteiger partial charge in [-0.15, -0.1) is 0 Å². The minimum Gasteiger partial charge on any atom is -0.466 e. The number of ether oxygens (including phenoxy) is 1. The van der Waals surface area contributed by atoms with Gasteiger partial charge in [0.15, 0.2) is 0 Å². The number of rotatable bonds is 64. The maximum atomic E-state index is 12.5. The van der Waals surface area contributed by atoms with E-state index in [-0.39, 0.29) is 18.5 Å². The summed E-state index contributed by atoms with van der Waals surface area (Å²) < 4.78 is 5.49. The molecule has 0 aromatic rings. The third-order valence-electron chi connectivity index (χ3n) is 15.9. The molecule has 3 N–H and O–H groups in total. The van der Waals surface area contributed by atoms with Gasteiger partial charge in [0, 0.05) is 12.8 Å². The smallest absolute Gasteiger partial charge is 0.305 e. The van der Waals surface area contributed by atoms with Crippen LogP contribution in [0.15, 0.2) is 36.5 Å². The van der Waals surface area contributed by atoms with Crippen molar-refractivity contribution >= 4 is 11.9 Å². The van der Waals surface area contributed by atoms with Crippen molar-refractivity contribution in [1.82, 2.24) is 5.32 Å². The summed E-state index contributed by atoms with van der Waals surface area (Å²) in [5, 5.41) is 23.2. The molecular weight excluding hydrogens is 935 g/mol. The van der Waals surface area contributed by atoms with E-state index in [0.717, 1.165) is 51.4 Å². The van der Waals surface area contributed by atoms with Crippen LogP contribution in [0.5, 0.6) is 0 Å². The Bertz CT molecular complexity index is 1230. The Hall–Kier alpha value is -1.92. The van der Waals surface area contributed by atoms with Crippen LogP contribution >= 0.6 is 0 Å². The third kappa shape index (κ3) is 61.3. The number of allylic oxidation sites excluding steroid dienone is 5. The van der Waals surface area contributed by atoms with Crippen LogP contribution in [-0.4, -0.2) is 47.4 Å². The molecule has 0 heterocycles. The summed E-state index contributed by atoms with van der Waals surface area (Å²) in [5.41, 5.74) is 0. The van der Waals surface area contributed by atoms with E-state index in [0.29, 0.717) is 19.4 Å². The van der Waals surface area contributed by atoms with Crippen molar-refractivity contribution in [3.8, 4) is 0 Å². The van der Waals surface area contributed by atoms with Crippen molar-refractivity contribution in [2.45, 2.75) is 386 Å². The number of hydrogen-bond donors (Lipinski definition) is 3. The number of unbranched alkanes of at least 4 members (excludes halogenated alkanes) is 49. The van der Waals surface area contributed by atoms with Crippen molar-refractivity contribution in [2.24, 2.45) is 0 Å². The first kappa shape index (κ1) is 74.1. The quantitative estimate of drug-likeness (QED) is 0.0320. The van der Waals surface area contributed by atoms with Crippen molar-refractivity contribution in [3.63, 3.8) is 0 Å². The van der Waals surface area contributed by atoms with Gasteiger partial charge >= 0.3 is 5.97 Å². The Labute approximate surface area is 474 Å². The van der Waals surface area contributed by atoms with E-state index in [1.807, 2.05) is 6.08 Å². The van der Waals surface area contributed by atoms with E-state index >= 15 is 0 Å². The molecule has 0 radical (unpaired) electrons. The lowest BCUT2D eigenvalue weighted by molar-refractivity contribution is -0.143. The first-order valence-electron chi connectivity index (χ1n) is 34.3. The molecule has 0 rings (SSSR count). The maximum Gasteiger partial charge on any atom is 0.305 e. The van der Waals surface area contributed by atoms with Crippen LogP contribution in [0.25, 0.3) is 0 Å². The molecule has 1 amide bonds. The van der Waals surface area contributed by atoms with Gasteiger partial charge in [-0.05, 0) is 64.2 Å². The topological polar surface area (TPSA) is 95.9 Å². The van der Waals surface area contributed by atoms with Crippen LogP contribution in [0.1, 0.15) is 373 Å². The molecule has 0 fully saturated rings. The first-order chi connectivity index (χ1) is 37.5. The van der Waals surface area contributed by atoms with Crippen LogP contribution in [0, 0.1) is 0 Å². The number of aliphatic hydroxyl groups is 2. The molecule has 0 aromatic heterocycles. The van der Waals surface area contributed by atoms with Crippen LogP contribution < -0.4 is 5.32 Å². The van der Waals surface area contributed by atoms with Crippen LogP contribution in [-0.2, 0) is 14.3 Å². The number of nitrogens with one attached hydrogen (secondary N) is 1. The number of aliphatic hydroxyl groups excluding tert-OH is 2. The largest absolute Gasteiger partial charge is 0.466 e. The van der Waals surface area contributed by atoms with Gasteiger partial charge < -0.3 is 20.3 Å². The Morgan fingerprint density at radius 1 is 0.368 bits per heavy atom. The Morgan fingerprint density at radius 2 is 0.658 bits per heavy atom. The molecule has 0 aliphatic carbocycles. The van der Waals surface area contributed by atoms with Crippen molar-refractivity contribution in [3.05, 3.63) is 36.5 Å². The molecule has 0 saturated heterocycles. The molecule has 0 spiro atoms. The van der Waals surface area contributed by atoms with Crippen molar-refractivity contribution in [2.75, 3.05) is 13.2 Å². The first-order valence-corrected chi connectivity index (χ1v) is 34.3. The summed E-state index contributed by atoms with van der Waals surface area (Å²) in [6.45, 7) is 4.90. The molecule has 448 valence electrons. The lowest BCUT2D eigenvalue weighted by Crippen LogP contribution is -2.45. The second-order valence-electron chi connectivity index (χ2n) is 23.5. The summed E-state index contributed by atoms with van der Waals surface area (Å²) in [7, 11) is 0. The zero-order valence-electron chi connectivity index (χ0n) is 51.3. The number of carbonyl (C=O) groups is 2. The zero-order chi connectivity index (χ0) is 55.0. The Morgan fingerprint density at radius 3 is 1.03 bits per heavy atom. The van der Waals surface area contributed by atoms with E-state index in [1.165, 1.54) is 295 Å². The van der Waals surface area contributed by atoms with Crippen molar-refractivity contribution in [1.29, 1.82) is 0 Å². The molecule has 6 heteroatoms. The van der Waals surface area contributed by atoms with Gasteiger partial charge in [0.1, 0.15) is 0 Å². The molecular formula is C70H133NO5. The van der Waals surface area contributed by atoms with E-state index in [9.17, 15) is 19.8 Å². The molecule has 0 aliphatic heterocycles. The molecule has 0 bridgehead atoms. The van der Waals surface area contributed by atoms with Crippen LogP contribution in [0.4, 0.5) is 0 Å². The molecule has 2 atom stereocenters. The highest BCUT2D eigenvalue weighted by Crippen LogP contribution is 2.18. The van der Waals surface area contributed by atoms with Gasteiger partial charge in [-0.3, -0.25) is 9.59 Å². The van der Waals surface area contributed by atoms with E-state index in [2.05, 4.69) is 43.5 Å². The van der Waals surface area contributed by atoms with E-state index < -0.39 is 12.1 Å². The third-order valence-corrected chi connectivity index (χ3v) is 15.9. The SMILES string of the molecule is CCCCC/C=C\C/C=C\CCCCCCCC(=O)OCCCCCCCCCCCCCCCCCCCCCCCCCCCCCCC(=O)NC(CO)C(O)/C=C/CCCCCCCCCCCCCCCC. The highest BCUT2D eigenvalue weighted by Gasteiger charge is 2.18. The second kappa shape index (κ2) is 65.6. The summed E-state index contributed by atoms with van der Waals surface area (Å²) in [6.07, 6.45) is 83.6. The lowest BCUT2D eigenvalue weighted by atomic mass is 10.0. The summed E-state index contributed by atoms with van der Waals surface area (Å²) in [5.74, 6) is -0.0580. The monoisotopic (exact) mass is 1070 g/mol. The second-order valence-corrected chi connectivity index (χ2v) is 23.5. The predicted octanol–water partition coefficient (Wildman–Crippen LogP) is 21.9. The number of carbonyl (C=O) groups excluding carboxylic acids is 2. The average molecular weight is 1070 g/mol. The fourth-order valence-corrected chi connectivity index (χ4v) is 10.7. The summed E-state index contributed by atoms with van der Waals surface area (Å²) in [6, 6.07) is -0.626. The summed E-state index contributed by atoms with van der Waals surface area (Å²) in [4.78, 5) is 24.6. The maximum absolute atomic E-state index is 12.5. The molecule has 0 aliphatic rings. The predicted molar refractivity (Wildman–Crippen MR) is 333 cm³/mol. The Kier molecular flexibility index (Phi) is 63.9. The molecule has 0 aromatic carbocycles. The Balaban J connectivity index is 3.36. The minimum atomic E-state index is -0.842. The van der Waals surface area contributed by atoms with Gasteiger partial charge in [0.25, 0.3) is 0 Å². The zero-order valence-corrected chi connectivity index (χ0v) is 51.3. The van der Waals surface area contributed by atoms with Gasteiger partial charge in [-0.1, -0.05) is 333 Å². The van der Waals surface area contributed by atoms with Crippen LogP contribution in [0.2, 0.25) is 0 Å². The fourth-order valence-electron chi connectivity index (χ4n) is 10.7. The van der Waals surface area contributed by atoms with Gasteiger partial charge in [0.05, 0.1) is 25.4 Å². The summed E-state index contributed by atoms with van der Waals surface area (Å²) >= 11 is 0. The average Bonchev–Trinajstić information content (AvgIpc) is 3.42. The highest BCUT2D eigenvalue weighted by atomic mass is 16.5. The number of esters is 1. The molecule has 0 saturated carbocycles.